The Kier molecular flexibility index (Phi) is 4.79. The van der Waals surface area contributed by atoms with Crippen LogP contribution in [0.15, 0.2) is 24.4 Å². The van der Waals surface area contributed by atoms with Gasteiger partial charge in [0.05, 0.1) is 12.2 Å². The Labute approximate surface area is 155 Å². The van der Waals surface area contributed by atoms with Gasteiger partial charge < -0.3 is 10.2 Å². The monoisotopic (exact) mass is 372 g/mol. The number of rotatable bonds is 5. The Balaban J connectivity index is 1.42. The van der Waals surface area contributed by atoms with Crippen molar-refractivity contribution in [2.45, 2.75) is 38.3 Å². The van der Waals surface area contributed by atoms with Crippen molar-refractivity contribution in [1.29, 1.82) is 0 Å². The van der Waals surface area contributed by atoms with Crippen molar-refractivity contribution in [3.05, 3.63) is 30.1 Å². The van der Waals surface area contributed by atoms with Crippen LogP contribution < -0.4 is 15.1 Å². The van der Waals surface area contributed by atoms with Gasteiger partial charge in [-0.15, -0.1) is 10.2 Å². The number of nitrogens with one attached hydrogen (secondary N) is 1. The van der Waals surface area contributed by atoms with E-state index in [1.807, 2.05) is 23.1 Å². The van der Waals surface area contributed by atoms with Crippen LogP contribution in [0.2, 0.25) is 0 Å². The average Bonchev–Trinajstić information content (AvgIpc) is 3.40. The highest BCUT2D eigenvalue weighted by Crippen LogP contribution is 2.33. The molecule has 2 aromatic heterocycles. The minimum Gasteiger partial charge on any atom is -0.349 e. The van der Waals surface area contributed by atoms with E-state index >= 15 is 0 Å². The zero-order chi connectivity index (χ0) is 17.9. The molecule has 1 atom stereocenters. The molecule has 2 aromatic rings. The first-order chi connectivity index (χ1) is 12.7. The smallest absolute Gasteiger partial charge is 0.243 e. The molecule has 8 nitrogen and oxygen atoms in total. The summed E-state index contributed by atoms with van der Waals surface area (Å²) in [6.07, 6.45) is 4.85. The molecule has 2 aliphatic heterocycles. The zero-order valence-corrected chi connectivity index (χ0v) is 15.1. The van der Waals surface area contributed by atoms with Crippen molar-refractivity contribution >= 4 is 33.4 Å². The molecule has 0 saturated carbocycles. The largest absolute Gasteiger partial charge is 0.349 e. The van der Waals surface area contributed by atoms with Crippen molar-refractivity contribution in [3.63, 3.8) is 0 Å². The van der Waals surface area contributed by atoms with Gasteiger partial charge >= 0.3 is 0 Å². The summed E-state index contributed by atoms with van der Waals surface area (Å²) in [5.41, 5.74) is 0.830. The van der Waals surface area contributed by atoms with Gasteiger partial charge in [-0.25, -0.2) is 0 Å². The number of aromatic nitrogens is 3. The fourth-order valence-corrected chi connectivity index (χ4v) is 4.32. The van der Waals surface area contributed by atoms with Gasteiger partial charge in [0.15, 0.2) is 0 Å². The first kappa shape index (κ1) is 16.9. The van der Waals surface area contributed by atoms with E-state index in [0.717, 1.165) is 31.5 Å². The normalized spacial score (nSPS) is 20.0. The molecule has 0 bridgehead atoms. The summed E-state index contributed by atoms with van der Waals surface area (Å²) in [6.45, 7) is 1.87. The molecule has 4 rings (SSSR count). The van der Waals surface area contributed by atoms with Crippen LogP contribution in [0, 0.1) is 0 Å². The van der Waals surface area contributed by atoms with Crippen LogP contribution in [0.25, 0.3) is 0 Å². The second-order valence-electron chi connectivity index (χ2n) is 6.41. The maximum absolute atomic E-state index is 12.6. The standard InChI is InChI=1S/C17H20N6O2S/c24-14-7-4-10-23(14)17-21-20-16(26-17)22-9-3-6-13(22)15(25)19-11-12-5-1-2-8-18-12/h1-2,5,8,13H,3-4,6-7,9-11H2,(H,19,25). The third-order valence-electron chi connectivity index (χ3n) is 4.68. The molecule has 0 spiro atoms. The first-order valence-electron chi connectivity index (χ1n) is 8.80. The van der Waals surface area contributed by atoms with E-state index in [-0.39, 0.29) is 17.9 Å². The highest BCUT2D eigenvalue weighted by Gasteiger charge is 2.34. The molecule has 26 heavy (non-hydrogen) atoms. The average molecular weight is 372 g/mol. The Hall–Kier alpha value is -2.55. The number of nitrogens with zero attached hydrogens (tertiary/aromatic N) is 5. The van der Waals surface area contributed by atoms with Crippen molar-refractivity contribution in [3.8, 4) is 0 Å². The number of anilines is 2. The first-order valence-corrected chi connectivity index (χ1v) is 9.62. The Morgan fingerprint density at radius 3 is 2.88 bits per heavy atom. The van der Waals surface area contributed by atoms with Crippen LogP contribution in [0.3, 0.4) is 0 Å². The maximum atomic E-state index is 12.6. The second-order valence-corrected chi connectivity index (χ2v) is 7.34. The molecule has 2 saturated heterocycles. The van der Waals surface area contributed by atoms with Crippen molar-refractivity contribution in [2.75, 3.05) is 22.9 Å². The molecular weight excluding hydrogens is 352 g/mol. The summed E-state index contributed by atoms with van der Waals surface area (Å²) in [5.74, 6) is 0.0703. The van der Waals surface area contributed by atoms with Crippen LogP contribution in [0.4, 0.5) is 10.3 Å². The molecule has 9 heteroatoms. The minimum atomic E-state index is -0.256. The molecule has 2 amide bonds. The van der Waals surface area contributed by atoms with E-state index in [4.69, 9.17) is 0 Å². The fraction of sp³-hybridized carbons (Fsp3) is 0.471. The van der Waals surface area contributed by atoms with E-state index in [2.05, 4.69) is 20.5 Å². The predicted octanol–water partition coefficient (Wildman–Crippen LogP) is 1.35. The SMILES string of the molecule is O=C(NCc1ccccn1)C1CCCN1c1nnc(N2CCCC2=O)s1. The van der Waals surface area contributed by atoms with Crippen LogP contribution in [-0.2, 0) is 16.1 Å². The highest BCUT2D eigenvalue weighted by molar-refractivity contribution is 7.19. The molecule has 1 N–H and O–H groups in total. The van der Waals surface area contributed by atoms with E-state index < -0.39 is 0 Å². The van der Waals surface area contributed by atoms with Gasteiger partial charge in [-0.3, -0.25) is 19.5 Å². The lowest BCUT2D eigenvalue weighted by Crippen LogP contribution is -2.43. The van der Waals surface area contributed by atoms with Gasteiger partial charge in [0.2, 0.25) is 22.1 Å². The summed E-state index contributed by atoms with van der Waals surface area (Å²) in [7, 11) is 0. The number of hydrogen-bond acceptors (Lipinski definition) is 7. The summed E-state index contributed by atoms with van der Waals surface area (Å²) in [5, 5.41) is 12.7. The maximum Gasteiger partial charge on any atom is 0.243 e. The second kappa shape index (κ2) is 7.36. The van der Waals surface area contributed by atoms with E-state index in [1.165, 1.54) is 11.3 Å². The van der Waals surface area contributed by atoms with Gasteiger partial charge in [0, 0.05) is 25.7 Å². The highest BCUT2D eigenvalue weighted by atomic mass is 32.1. The molecule has 0 radical (unpaired) electrons. The third-order valence-corrected chi connectivity index (χ3v) is 5.66. The number of amides is 2. The molecule has 2 fully saturated rings. The van der Waals surface area contributed by atoms with Gasteiger partial charge in [-0.05, 0) is 31.4 Å². The third kappa shape index (κ3) is 3.39. The number of hydrogen-bond donors (Lipinski definition) is 1. The lowest BCUT2D eigenvalue weighted by molar-refractivity contribution is -0.122. The summed E-state index contributed by atoms with van der Waals surface area (Å²) in [6, 6.07) is 5.38. The molecule has 2 aliphatic rings. The van der Waals surface area contributed by atoms with Crippen LogP contribution in [-0.4, -0.2) is 46.1 Å². The number of carbonyl (C=O) groups is 2. The van der Waals surface area contributed by atoms with Crippen molar-refractivity contribution in [1.82, 2.24) is 20.5 Å². The number of pyridine rings is 1. The molecule has 0 aromatic carbocycles. The minimum absolute atomic E-state index is 0.0258. The van der Waals surface area contributed by atoms with Crippen LogP contribution in [0.5, 0.6) is 0 Å². The van der Waals surface area contributed by atoms with Gasteiger partial charge in [0.1, 0.15) is 6.04 Å². The quantitative estimate of drug-likeness (QED) is 0.852. The van der Waals surface area contributed by atoms with Crippen molar-refractivity contribution < 1.29 is 9.59 Å². The summed E-state index contributed by atoms with van der Waals surface area (Å²) < 4.78 is 0. The summed E-state index contributed by atoms with van der Waals surface area (Å²) in [4.78, 5) is 32.4. The Bertz CT molecular complexity index is 796. The van der Waals surface area contributed by atoms with Gasteiger partial charge in [-0.2, -0.15) is 0 Å². The summed E-state index contributed by atoms with van der Waals surface area (Å²) >= 11 is 1.38. The Morgan fingerprint density at radius 2 is 2.12 bits per heavy atom. The number of carbonyl (C=O) groups excluding carboxylic acids is 2. The molecule has 136 valence electrons. The predicted molar refractivity (Wildman–Crippen MR) is 97.9 cm³/mol. The van der Waals surface area contributed by atoms with Gasteiger partial charge in [0.25, 0.3) is 0 Å². The van der Waals surface area contributed by atoms with Gasteiger partial charge in [-0.1, -0.05) is 17.4 Å². The van der Waals surface area contributed by atoms with E-state index in [0.29, 0.717) is 29.8 Å². The molecule has 4 heterocycles. The molecular formula is C17H20N6O2S. The zero-order valence-electron chi connectivity index (χ0n) is 14.3. The topological polar surface area (TPSA) is 91.3 Å². The lowest BCUT2D eigenvalue weighted by Gasteiger charge is -2.22. The Morgan fingerprint density at radius 1 is 1.23 bits per heavy atom. The lowest BCUT2D eigenvalue weighted by atomic mass is 10.2. The van der Waals surface area contributed by atoms with E-state index in [1.54, 1.807) is 11.1 Å². The van der Waals surface area contributed by atoms with Crippen LogP contribution >= 0.6 is 11.3 Å². The molecule has 0 aliphatic carbocycles. The fourth-order valence-electron chi connectivity index (χ4n) is 3.35. The molecule has 1 unspecified atom stereocenters. The van der Waals surface area contributed by atoms with Crippen molar-refractivity contribution in [2.24, 2.45) is 0 Å². The van der Waals surface area contributed by atoms with Crippen LogP contribution in [0.1, 0.15) is 31.4 Å². The van der Waals surface area contributed by atoms with E-state index in [9.17, 15) is 9.59 Å².